The molecule has 4 nitrogen and oxygen atoms in total. The lowest BCUT2D eigenvalue weighted by molar-refractivity contribution is -0.146. The molecule has 0 aromatic carbocycles. The molecule has 1 rings (SSSR count). The first-order chi connectivity index (χ1) is 10.8. The largest absolute Gasteiger partial charge is 0.463 e. The lowest BCUT2D eigenvalue weighted by Gasteiger charge is -2.36. The van der Waals surface area contributed by atoms with Gasteiger partial charge in [-0.05, 0) is 43.4 Å². The Bertz CT molecular complexity index is 398. The normalized spacial score (nSPS) is 22.1. The van der Waals surface area contributed by atoms with E-state index in [1.165, 1.54) is 6.08 Å². The molecular weight excluding hydrogens is 292 g/mol. The summed E-state index contributed by atoms with van der Waals surface area (Å²) in [7, 11) is 0. The highest BCUT2D eigenvalue weighted by Gasteiger charge is 2.30. The third kappa shape index (κ3) is 8.19. The smallest absolute Gasteiger partial charge is 0.331 e. The predicted molar refractivity (Wildman–Crippen MR) is 90.9 cm³/mol. The van der Waals surface area contributed by atoms with Crippen LogP contribution < -0.4 is 0 Å². The van der Waals surface area contributed by atoms with Gasteiger partial charge in [-0.15, -0.1) is 0 Å². The number of hydrogen-bond donors (Lipinski definition) is 0. The molecule has 1 aliphatic rings. The topological polar surface area (TPSA) is 52.6 Å². The molecule has 0 radical (unpaired) electrons. The molecule has 1 saturated carbocycles. The van der Waals surface area contributed by atoms with Gasteiger partial charge < -0.3 is 9.47 Å². The first-order valence-electron chi connectivity index (χ1n) is 8.88. The standard InChI is InChI=1S/C19H32O4/c1-5-6-7-14-22-17(20)12-13-18(21)23-16-10-8-15(9-11-16)19(2,3)4/h12-13,15-16H,5-11,14H2,1-4H3/b13-12+. The van der Waals surface area contributed by atoms with E-state index in [9.17, 15) is 9.59 Å². The van der Waals surface area contributed by atoms with Crippen molar-refractivity contribution < 1.29 is 19.1 Å². The minimum atomic E-state index is -0.477. The van der Waals surface area contributed by atoms with Crippen molar-refractivity contribution in [2.75, 3.05) is 6.61 Å². The van der Waals surface area contributed by atoms with Crippen LogP contribution in [0.5, 0.6) is 0 Å². The summed E-state index contributed by atoms with van der Waals surface area (Å²) in [5.41, 5.74) is 0.316. The summed E-state index contributed by atoms with van der Waals surface area (Å²) >= 11 is 0. The van der Waals surface area contributed by atoms with Gasteiger partial charge in [0.05, 0.1) is 6.61 Å². The Morgan fingerprint density at radius 2 is 1.61 bits per heavy atom. The predicted octanol–water partition coefficient (Wildman–Crippen LogP) is 4.42. The highest BCUT2D eigenvalue weighted by atomic mass is 16.5. The van der Waals surface area contributed by atoms with Gasteiger partial charge in [-0.25, -0.2) is 9.59 Å². The highest BCUT2D eigenvalue weighted by molar-refractivity contribution is 5.91. The maximum atomic E-state index is 11.8. The third-order valence-electron chi connectivity index (χ3n) is 4.53. The molecule has 0 amide bonds. The van der Waals surface area contributed by atoms with Gasteiger partial charge in [0.15, 0.2) is 0 Å². The number of hydrogen-bond acceptors (Lipinski definition) is 4. The molecule has 1 fully saturated rings. The number of esters is 2. The first kappa shape index (κ1) is 19.7. The van der Waals surface area contributed by atoms with E-state index in [0.29, 0.717) is 17.9 Å². The Hall–Kier alpha value is -1.32. The molecule has 0 heterocycles. The zero-order chi connectivity index (χ0) is 17.3. The Kier molecular flexibility index (Phi) is 8.35. The zero-order valence-corrected chi connectivity index (χ0v) is 15.1. The second kappa shape index (κ2) is 9.74. The van der Waals surface area contributed by atoms with Crippen LogP contribution in [0.2, 0.25) is 0 Å². The number of carbonyl (C=O) groups excluding carboxylic acids is 2. The second-order valence-corrected chi connectivity index (χ2v) is 7.48. The van der Waals surface area contributed by atoms with Crippen molar-refractivity contribution in [1.82, 2.24) is 0 Å². The second-order valence-electron chi connectivity index (χ2n) is 7.48. The van der Waals surface area contributed by atoms with Crippen molar-refractivity contribution in [3.8, 4) is 0 Å². The first-order valence-corrected chi connectivity index (χ1v) is 8.88. The van der Waals surface area contributed by atoms with E-state index in [-0.39, 0.29) is 6.10 Å². The molecule has 0 aromatic heterocycles. The van der Waals surface area contributed by atoms with Gasteiger partial charge in [-0.2, -0.15) is 0 Å². The van der Waals surface area contributed by atoms with Crippen LogP contribution >= 0.6 is 0 Å². The maximum Gasteiger partial charge on any atom is 0.331 e. The molecule has 0 bridgehead atoms. The summed E-state index contributed by atoms with van der Waals surface area (Å²) in [4.78, 5) is 23.2. The number of rotatable bonds is 7. The van der Waals surface area contributed by atoms with E-state index in [1.807, 2.05) is 0 Å². The van der Waals surface area contributed by atoms with Crippen molar-refractivity contribution in [3.63, 3.8) is 0 Å². The summed E-state index contributed by atoms with van der Waals surface area (Å²) in [6.45, 7) is 9.28. The third-order valence-corrected chi connectivity index (χ3v) is 4.53. The van der Waals surface area contributed by atoms with Crippen molar-refractivity contribution in [2.45, 2.75) is 78.7 Å². The molecule has 4 heteroatoms. The lowest BCUT2D eigenvalue weighted by atomic mass is 9.72. The van der Waals surface area contributed by atoms with Crippen LogP contribution in [0.4, 0.5) is 0 Å². The van der Waals surface area contributed by atoms with E-state index in [1.54, 1.807) is 0 Å². The minimum absolute atomic E-state index is 0.0219. The van der Waals surface area contributed by atoms with Crippen LogP contribution in [0.15, 0.2) is 12.2 Å². The van der Waals surface area contributed by atoms with Crippen LogP contribution in [0.25, 0.3) is 0 Å². The van der Waals surface area contributed by atoms with Crippen LogP contribution in [0, 0.1) is 11.3 Å². The molecule has 0 saturated heterocycles. The quantitative estimate of drug-likeness (QED) is 0.395. The maximum absolute atomic E-state index is 11.8. The Labute approximate surface area is 140 Å². The van der Waals surface area contributed by atoms with E-state index < -0.39 is 11.9 Å². The van der Waals surface area contributed by atoms with E-state index >= 15 is 0 Å². The average Bonchev–Trinajstić information content (AvgIpc) is 2.49. The molecule has 23 heavy (non-hydrogen) atoms. The lowest BCUT2D eigenvalue weighted by Crippen LogP contribution is -2.30. The van der Waals surface area contributed by atoms with Gasteiger partial charge in [0, 0.05) is 12.2 Å². The van der Waals surface area contributed by atoms with Crippen LogP contribution in [0.1, 0.15) is 72.6 Å². The molecule has 132 valence electrons. The van der Waals surface area contributed by atoms with E-state index in [0.717, 1.165) is 51.0 Å². The van der Waals surface area contributed by atoms with Crippen LogP contribution in [-0.2, 0) is 19.1 Å². The molecule has 0 N–H and O–H groups in total. The van der Waals surface area contributed by atoms with Gasteiger partial charge in [0.25, 0.3) is 0 Å². The van der Waals surface area contributed by atoms with E-state index in [4.69, 9.17) is 9.47 Å². The van der Waals surface area contributed by atoms with Crippen LogP contribution in [-0.4, -0.2) is 24.6 Å². The number of unbranched alkanes of at least 4 members (excludes halogenated alkanes) is 2. The van der Waals surface area contributed by atoms with Gasteiger partial charge in [-0.3, -0.25) is 0 Å². The van der Waals surface area contributed by atoms with Gasteiger partial charge >= 0.3 is 11.9 Å². The summed E-state index contributed by atoms with van der Waals surface area (Å²) in [6, 6.07) is 0. The van der Waals surface area contributed by atoms with Crippen molar-refractivity contribution >= 4 is 11.9 Å². The monoisotopic (exact) mass is 324 g/mol. The zero-order valence-electron chi connectivity index (χ0n) is 15.1. The van der Waals surface area contributed by atoms with Gasteiger partial charge in [0.2, 0.25) is 0 Å². The minimum Gasteiger partial charge on any atom is -0.463 e. The molecular formula is C19H32O4. The molecule has 1 aliphatic carbocycles. The fourth-order valence-electron chi connectivity index (χ4n) is 2.96. The number of carbonyl (C=O) groups is 2. The van der Waals surface area contributed by atoms with Crippen LogP contribution in [0.3, 0.4) is 0 Å². The summed E-state index contributed by atoms with van der Waals surface area (Å²) in [6.07, 6.45) is 9.28. The van der Waals surface area contributed by atoms with E-state index in [2.05, 4.69) is 27.7 Å². The van der Waals surface area contributed by atoms with Gasteiger partial charge in [-0.1, -0.05) is 40.5 Å². The highest BCUT2D eigenvalue weighted by Crippen LogP contribution is 2.38. The Balaban J connectivity index is 2.24. The Morgan fingerprint density at radius 1 is 1.00 bits per heavy atom. The fraction of sp³-hybridized carbons (Fsp3) is 0.789. The Morgan fingerprint density at radius 3 is 2.17 bits per heavy atom. The van der Waals surface area contributed by atoms with Gasteiger partial charge in [0.1, 0.15) is 6.10 Å². The molecule has 0 aliphatic heterocycles. The summed E-state index contributed by atoms with van der Waals surface area (Å²) in [5, 5.41) is 0. The molecule has 0 spiro atoms. The van der Waals surface area contributed by atoms with Crippen molar-refractivity contribution in [2.24, 2.45) is 11.3 Å². The summed E-state index contributed by atoms with van der Waals surface area (Å²) in [5.74, 6) is -0.240. The SMILES string of the molecule is CCCCCOC(=O)/C=C/C(=O)OC1CCC(C(C)(C)C)CC1. The molecule has 0 unspecified atom stereocenters. The molecule has 0 aromatic rings. The van der Waals surface area contributed by atoms with Crippen molar-refractivity contribution in [3.05, 3.63) is 12.2 Å². The van der Waals surface area contributed by atoms with Crippen molar-refractivity contribution in [1.29, 1.82) is 0 Å². The molecule has 0 atom stereocenters. The fourth-order valence-corrected chi connectivity index (χ4v) is 2.96. The number of ether oxygens (including phenoxy) is 2. The summed E-state index contributed by atoms with van der Waals surface area (Å²) < 4.78 is 10.4. The average molecular weight is 324 g/mol.